The molecule has 0 amide bonds. The monoisotopic (exact) mass is 216 g/mol. The van der Waals surface area contributed by atoms with E-state index >= 15 is 0 Å². The number of ether oxygens (including phenoxy) is 1. The summed E-state index contributed by atoms with van der Waals surface area (Å²) in [6, 6.07) is 9.16. The first-order valence-corrected chi connectivity index (χ1v) is 4.95. The molecule has 0 atom stereocenters. The van der Waals surface area contributed by atoms with Crippen LogP contribution in [0.2, 0.25) is 0 Å². The molecule has 0 radical (unpaired) electrons. The van der Waals surface area contributed by atoms with Crippen LogP contribution in [0, 0.1) is 0 Å². The van der Waals surface area contributed by atoms with E-state index in [1.165, 1.54) is 4.68 Å². The van der Waals surface area contributed by atoms with Gasteiger partial charge in [0.25, 0.3) is 5.91 Å². The lowest BCUT2D eigenvalue weighted by Crippen LogP contribution is -2.13. The Morgan fingerprint density at radius 1 is 1.38 bits per heavy atom. The van der Waals surface area contributed by atoms with E-state index in [4.69, 9.17) is 4.74 Å². The van der Waals surface area contributed by atoms with Crippen LogP contribution in [0.15, 0.2) is 42.7 Å². The van der Waals surface area contributed by atoms with Crippen LogP contribution in [0.1, 0.15) is 10.4 Å². The number of aromatic nitrogens is 2. The van der Waals surface area contributed by atoms with Crippen molar-refractivity contribution in [3.8, 4) is 5.75 Å². The molecular formula is C12H12N2O2. The Kier molecular flexibility index (Phi) is 3.00. The number of carbonyl (C=O) groups excluding carboxylic acids is 1. The zero-order chi connectivity index (χ0) is 11.4. The third-order valence-corrected chi connectivity index (χ3v) is 2.27. The van der Waals surface area contributed by atoms with Gasteiger partial charge in [0.2, 0.25) is 0 Å². The maximum Gasteiger partial charge on any atom is 0.251 e. The topological polar surface area (TPSA) is 44.1 Å². The fourth-order valence-corrected chi connectivity index (χ4v) is 1.42. The van der Waals surface area contributed by atoms with Crippen LogP contribution < -0.4 is 4.74 Å². The summed E-state index contributed by atoms with van der Waals surface area (Å²) in [5, 5.41) is 3.89. The minimum Gasteiger partial charge on any atom is -0.497 e. The van der Waals surface area contributed by atoms with Gasteiger partial charge in [-0.25, -0.2) is 4.68 Å². The fourth-order valence-electron chi connectivity index (χ4n) is 1.42. The first-order valence-electron chi connectivity index (χ1n) is 4.95. The standard InChI is InChI=1S/C12H12N2O2/c1-16-11-5-3-10(4-6-11)9-12(15)14-8-2-7-13-14/h2-8H,9H2,1H3. The van der Waals surface area contributed by atoms with Gasteiger partial charge in [0.1, 0.15) is 5.75 Å². The highest BCUT2D eigenvalue weighted by Crippen LogP contribution is 2.11. The van der Waals surface area contributed by atoms with Crippen molar-refractivity contribution in [2.24, 2.45) is 0 Å². The van der Waals surface area contributed by atoms with Crippen LogP contribution in [-0.2, 0) is 6.42 Å². The van der Waals surface area contributed by atoms with Gasteiger partial charge in [-0.2, -0.15) is 5.10 Å². The molecule has 4 nitrogen and oxygen atoms in total. The molecule has 2 rings (SSSR count). The molecule has 1 aromatic carbocycles. The third-order valence-electron chi connectivity index (χ3n) is 2.27. The minimum absolute atomic E-state index is 0.0461. The first-order chi connectivity index (χ1) is 7.79. The zero-order valence-electron chi connectivity index (χ0n) is 8.96. The number of carbonyl (C=O) groups is 1. The molecule has 0 saturated carbocycles. The van der Waals surface area contributed by atoms with Crippen molar-refractivity contribution in [3.05, 3.63) is 48.3 Å². The van der Waals surface area contributed by atoms with Gasteiger partial charge in [-0.1, -0.05) is 12.1 Å². The Morgan fingerprint density at radius 3 is 2.69 bits per heavy atom. The van der Waals surface area contributed by atoms with Gasteiger partial charge >= 0.3 is 0 Å². The van der Waals surface area contributed by atoms with E-state index in [1.54, 1.807) is 25.6 Å². The second kappa shape index (κ2) is 4.61. The van der Waals surface area contributed by atoms with Gasteiger partial charge in [0, 0.05) is 12.4 Å². The Balaban J connectivity index is 2.06. The van der Waals surface area contributed by atoms with Gasteiger partial charge in [-0.05, 0) is 23.8 Å². The zero-order valence-corrected chi connectivity index (χ0v) is 8.96. The summed E-state index contributed by atoms with van der Waals surface area (Å²) in [7, 11) is 1.61. The molecule has 82 valence electrons. The molecule has 1 heterocycles. The second-order valence-corrected chi connectivity index (χ2v) is 3.37. The van der Waals surface area contributed by atoms with E-state index in [2.05, 4.69) is 5.10 Å². The van der Waals surface area contributed by atoms with Gasteiger partial charge in [0.15, 0.2) is 0 Å². The summed E-state index contributed by atoms with van der Waals surface area (Å²) in [6.45, 7) is 0. The molecule has 0 spiro atoms. The molecule has 0 N–H and O–H groups in total. The maximum absolute atomic E-state index is 11.7. The Labute approximate surface area is 93.5 Å². The van der Waals surface area contributed by atoms with E-state index < -0.39 is 0 Å². The summed E-state index contributed by atoms with van der Waals surface area (Å²) in [6.07, 6.45) is 3.57. The van der Waals surface area contributed by atoms with Gasteiger partial charge in [-0.3, -0.25) is 4.79 Å². The number of hydrogen-bond acceptors (Lipinski definition) is 3. The molecule has 1 aromatic heterocycles. The average molecular weight is 216 g/mol. The lowest BCUT2D eigenvalue weighted by Gasteiger charge is -2.03. The van der Waals surface area contributed by atoms with Gasteiger partial charge in [-0.15, -0.1) is 0 Å². The third kappa shape index (κ3) is 2.28. The molecule has 0 bridgehead atoms. The van der Waals surface area contributed by atoms with Crippen molar-refractivity contribution in [1.82, 2.24) is 9.78 Å². The Morgan fingerprint density at radius 2 is 2.12 bits per heavy atom. The van der Waals surface area contributed by atoms with E-state index in [0.29, 0.717) is 6.42 Å². The fraction of sp³-hybridized carbons (Fsp3) is 0.167. The molecule has 0 fully saturated rings. The van der Waals surface area contributed by atoms with Gasteiger partial charge < -0.3 is 4.74 Å². The molecule has 2 aromatic rings. The smallest absolute Gasteiger partial charge is 0.251 e. The van der Waals surface area contributed by atoms with Crippen LogP contribution in [-0.4, -0.2) is 22.8 Å². The molecule has 4 heteroatoms. The summed E-state index contributed by atoms with van der Waals surface area (Å²) < 4.78 is 6.38. The van der Waals surface area contributed by atoms with Crippen LogP contribution in [0.4, 0.5) is 0 Å². The highest BCUT2D eigenvalue weighted by atomic mass is 16.5. The second-order valence-electron chi connectivity index (χ2n) is 3.37. The first kappa shape index (κ1) is 10.4. The van der Waals surface area contributed by atoms with E-state index in [1.807, 2.05) is 24.3 Å². The van der Waals surface area contributed by atoms with Crippen LogP contribution in [0.5, 0.6) is 5.75 Å². The van der Waals surface area contributed by atoms with Crippen LogP contribution in [0.3, 0.4) is 0 Å². The highest BCUT2D eigenvalue weighted by Gasteiger charge is 2.05. The van der Waals surface area contributed by atoms with Crippen molar-refractivity contribution in [2.75, 3.05) is 7.11 Å². The molecule has 0 aliphatic heterocycles. The van der Waals surface area contributed by atoms with Crippen molar-refractivity contribution < 1.29 is 9.53 Å². The molecular weight excluding hydrogens is 204 g/mol. The molecule has 16 heavy (non-hydrogen) atoms. The molecule has 0 aliphatic rings. The Bertz CT molecular complexity index is 460. The molecule has 0 saturated heterocycles. The number of nitrogens with zero attached hydrogens (tertiary/aromatic N) is 2. The highest BCUT2D eigenvalue weighted by molar-refractivity contribution is 5.80. The maximum atomic E-state index is 11.7. The van der Waals surface area contributed by atoms with E-state index in [0.717, 1.165) is 11.3 Å². The van der Waals surface area contributed by atoms with Crippen molar-refractivity contribution >= 4 is 5.91 Å². The minimum atomic E-state index is -0.0461. The number of hydrogen-bond donors (Lipinski definition) is 0. The van der Waals surface area contributed by atoms with Crippen molar-refractivity contribution in [2.45, 2.75) is 6.42 Å². The summed E-state index contributed by atoms with van der Waals surface area (Å²) >= 11 is 0. The van der Waals surface area contributed by atoms with E-state index in [-0.39, 0.29) is 5.91 Å². The summed E-state index contributed by atoms with van der Waals surface area (Å²) in [4.78, 5) is 11.7. The molecule has 0 unspecified atom stereocenters. The van der Waals surface area contributed by atoms with Crippen LogP contribution in [0.25, 0.3) is 0 Å². The van der Waals surface area contributed by atoms with Gasteiger partial charge in [0.05, 0.1) is 13.5 Å². The van der Waals surface area contributed by atoms with E-state index in [9.17, 15) is 4.79 Å². The largest absolute Gasteiger partial charge is 0.497 e. The average Bonchev–Trinajstić information content (AvgIpc) is 2.83. The normalized spacial score (nSPS) is 10.1. The molecule has 0 aliphatic carbocycles. The summed E-state index contributed by atoms with van der Waals surface area (Å²) in [5.41, 5.74) is 0.946. The van der Waals surface area contributed by atoms with Crippen LogP contribution >= 0.6 is 0 Å². The number of methoxy groups -OCH3 is 1. The SMILES string of the molecule is COc1ccc(CC(=O)n2cccn2)cc1. The quantitative estimate of drug-likeness (QED) is 0.785. The van der Waals surface area contributed by atoms with Crippen molar-refractivity contribution in [3.63, 3.8) is 0 Å². The lowest BCUT2D eigenvalue weighted by molar-refractivity contribution is 0.0898. The lowest BCUT2D eigenvalue weighted by atomic mass is 10.1. The van der Waals surface area contributed by atoms with Crippen molar-refractivity contribution in [1.29, 1.82) is 0 Å². The predicted molar refractivity (Wildman–Crippen MR) is 59.6 cm³/mol. The Hall–Kier alpha value is -2.10. The summed E-state index contributed by atoms with van der Waals surface area (Å²) in [5.74, 6) is 0.741. The number of benzene rings is 1. The predicted octanol–water partition coefficient (Wildman–Crippen LogP) is 1.77. The number of rotatable bonds is 3.